The predicted octanol–water partition coefficient (Wildman–Crippen LogP) is 1.32. The van der Waals surface area contributed by atoms with Crippen LogP contribution in [-0.4, -0.2) is 40.8 Å². The molecule has 2 saturated heterocycles. The predicted molar refractivity (Wildman–Crippen MR) is 74.8 cm³/mol. The van der Waals surface area contributed by atoms with Crippen molar-refractivity contribution >= 4 is 23.2 Å². The lowest BCUT2D eigenvalue weighted by Crippen LogP contribution is -2.40. The van der Waals surface area contributed by atoms with Crippen molar-refractivity contribution in [3.8, 4) is 0 Å². The van der Waals surface area contributed by atoms with Crippen LogP contribution in [0.3, 0.4) is 0 Å². The third-order valence-corrected chi connectivity index (χ3v) is 4.02. The second-order valence-electron chi connectivity index (χ2n) is 5.30. The minimum absolute atomic E-state index is 0.0612. The van der Waals surface area contributed by atoms with Crippen molar-refractivity contribution in [2.24, 2.45) is 0 Å². The third kappa shape index (κ3) is 2.40. The topological polar surface area (TPSA) is 83.8 Å². The van der Waals surface area contributed by atoms with Crippen molar-refractivity contribution in [3.05, 3.63) is 34.4 Å². The summed E-state index contributed by atoms with van der Waals surface area (Å²) in [6.07, 6.45) is 2.29. The molecule has 0 saturated carbocycles. The standard InChI is InChI=1S/C14H15N3O4/c18-13-9-12(15-7-1-2-8-15)14(19)16(13)10-3-5-11(6-4-10)17(20)21/h3-6,12H,1-2,7-9H2. The summed E-state index contributed by atoms with van der Waals surface area (Å²) in [5.74, 6) is -0.471. The van der Waals surface area contributed by atoms with E-state index in [1.807, 2.05) is 4.90 Å². The zero-order valence-corrected chi connectivity index (χ0v) is 11.4. The molecule has 0 bridgehead atoms. The molecular weight excluding hydrogens is 274 g/mol. The zero-order valence-electron chi connectivity index (χ0n) is 11.4. The van der Waals surface area contributed by atoms with Gasteiger partial charge in [0.2, 0.25) is 5.91 Å². The van der Waals surface area contributed by atoms with Crippen LogP contribution in [0.15, 0.2) is 24.3 Å². The number of carbonyl (C=O) groups is 2. The van der Waals surface area contributed by atoms with Gasteiger partial charge >= 0.3 is 0 Å². The summed E-state index contributed by atoms with van der Waals surface area (Å²) in [7, 11) is 0. The van der Waals surface area contributed by atoms with Gasteiger partial charge in [0.1, 0.15) is 0 Å². The average molecular weight is 289 g/mol. The van der Waals surface area contributed by atoms with E-state index in [0.717, 1.165) is 30.8 Å². The van der Waals surface area contributed by atoms with Gasteiger partial charge in [-0.15, -0.1) is 0 Å². The van der Waals surface area contributed by atoms with Gasteiger partial charge in [0.25, 0.3) is 11.6 Å². The van der Waals surface area contributed by atoms with Crippen molar-refractivity contribution in [2.75, 3.05) is 18.0 Å². The van der Waals surface area contributed by atoms with Gasteiger partial charge in [-0.2, -0.15) is 0 Å². The maximum atomic E-state index is 12.5. The average Bonchev–Trinajstić information content (AvgIpc) is 3.07. The number of imide groups is 1. The number of likely N-dealkylation sites (tertiary alicyclic amines) is 1. The van der Waals surface area contributed by atoms with Crippen molar-refractivity contribution in [3.63, 3.8) is 0 Å². The molecule has 2 aliphatic heterocycles. The van der Waals surface area contributed by atoms with Gasteiger partial charge in [-0.25, -0.2) is 4.90 Å². The molecule has 2 heterocycles. The molecule has 7 heteroatoms. The Kier molecular flexibility index (Phi) is 3.42. The summed E-state index contributed by atoms with van der Waals surface area (Å²) >= 11 is 0. The third-order valence-electron chi connectivity index (χ3n) is 4.02. The van der Waals surface area contributed by atoms with E-state index in [1.165, 1.54) is 24.3 Å². The van der Waals surface area contributed by atoms with E-state index in [1.54, 1.807) is 0 Å². The number of anilines is 1. The number of hydrogen-bond acceptors (Lipinski definition) is 5. The number of rotatable bonds is 3. The number of carbonyl (C=O) groups excluding carboxylic acids is 2. The van der Waals surface area contributed by atoms with Crippen LogP contribution in [0.25, 0.3) is 0 Å². The molecule has 0 spiro atoms. The van der Waals surface area contributed by atoms with E-state index < -0.39 is 4.92 Å². The summed E-state index contributed by atoms with van der Waals surface area (Å²) in [5, 5.41) is 10.6. The fourth-order valence-corrected chi connectivity index (χ4v) is 2.95. The van der Waals surface area contributed by atoms with Crippen LogP contribution in [0.2, 0.25) is 0 Å². The summed E-state index contributed by atoms with van der Waals surface area (Å²) in [4.78, 5) is 37.9. The molecule has 0 aliphatic carbocycles. The van der Waals surface area contributed by atoms with E-state index in [4.69, 9.17) is 0 Å². The number of nitrogens with zero attached hydrogens (tertiary/aromatic N) is 3. The lowest BCUT2D eigenvalue weighted by atomic mass is 10.2. The fraction of sp³-hybridized carbons (Fsp3) is 0.429. The first-order valence-corrected chi connectivity index (χ1v) is 6.93. The minimum atomic E-state index is -0.509. The van der Waals surface area contributed by atoms with E-state index >= 15 is 0 Å². The molecule has 2 fully saturated rings. The summed E-state index contributed by atoms with van der Waals surface area (Å²) < 4.78 is 0. The lowest BCUT2D eigenvalue weighted by molar-refractivity contribution is -0.384. The van der Waals surface area contributed by atoms with Crippen molar-refractivity contribution in [1.29, 1.82) is 0 Å². The van der Waals surface area contributed by atoms with Gasteiger partial charge in [0.15, 0.2) is 0 Å². The number of hydrogen-bond donors (Lipinski definition) is 0. The molecule has 3 rings (SSSR count). The summed E-state index contributed by atoms with van der Waals surface area (Å²) in [6.45, 7) is 1.69. The van der Waals surface area contributed by atoms with Crippen LogP contribution in [0.1, 0.15) is 19.3 Å². The molecule has 110 valence electrons. The Morgan fingerprint density at radius 3 is 2.29 bits per heavy atom. The second kappa shape index (κ2) is 5.25. The molecule has 1 unspecified atom stereocenters. The smallest absolute Gasteiger partial charge is 0.269 e. The lowest BCUT2D eigenvalue weighted by Gasteiger charge is -2.21. The second-order valence-corrected chi connectivity index (χ2v) is 5.30. The SMILES string of the molecule is O=C1CC(N2CCCC2)C(=O)N1c1ccc([N+](=O)[O-])cc1. The first kappa shape index (κ1) is 13.7. The largest absolute Gasteiger partial charge is 0.292 e. The number of benzene rings is 1. The molecule has 2 amide bonds. The van der Waals surface area contributed by atoms with Crippen LogP contribution in [0.4, 0.5) is 11.4 Å². The van der Waals surface area contributed by atoms with Crippen LogP contribution in [0, 0.1) is 10.1 Å². The first-order chi connectivity index (χ1) is 10.1. The highest BCUT2D eigenvalue weighted by atomic mass is 16.6. The Labute approximate surface area is 121 Å². The van der Waals surface area contributed by atoms with Gasteiger partial charge < -0.3 is 0 Å². The fourth-order valence-electron chi connectivity index (χ4n) is 2.95. The highest BCUT2D eigenvalue weighted by molar-refractivity contribution is 6.22. The Bertz CT molecular complexity index is 593. The van der Waals surface area contributed by atoms with E-state index in [-0.39, 0.29) is 30.0 Å². The summed E-state index contributed by atoms with van der Waals surface area (Å²) in [5.41, 5.74) is 0.339. The normalized spacial score (nSPS) is 23.0. The van der Waals surface area contributed by atoms with E-state index in [0.29, 0.717) is 5.69 Å². The molecular formula is C14H15N3O4. The molecule has 0 aromatic heterocycles. The molecule has 0 radical (unpaired) electrons. The Morgan fingerprint density at radius 2 is 1.71 bits per heavy atom. The Morgan fingerprint density at radius 1 is 1.10 bits per heavy atom. The summed E-state index contributed by atoms with van der Waals surface area (Å²) in [6, 6.07) is 5.12. The molecule has 1 atom stereocenters. The maximum absolute atomic E-state index is 12.5. The molecule has 1 aromatic rings. The zero-order chi connectivity index (χ0) is 15.0. The van der Waals surface area contributed by atoms with Crippen molar-refractivity contribution in [1.82, 2.24) is 4.90 Å². The molecule has 21 heavy (non-hydrogen) atoms. The number of nitro groups is 1. The quantitative estimate of drug-likeness (QED) is 0.476. The maximum Gasteiger partial charge on any atom is 0.269 e. The van der Waals surface area contributed by atoms with Crippen molar-refractivity contribution in [2.45, 2.75) is 25.3 Å². The molecule has 2 aliphatic rings. The number of nitro benzene ring substituents is 1. The Hall–Kier alpha value is -2.28. The van der Waals surface area contributed by atoms with Gasteiger partial charge in [0.05, 0.1) is 23.1 Å². The van der Waals surface area contributed by atoms with Gasteiger partial charge in [-0.05, 0) is 38.1 Å². The highest BCUT2D eigenvalue weighted by Crippen LogP contribution is 2.28. The minimum Gasteiger partial charge on any atom is -0.292 e. The molecule has 1 aromatic carbocycles. The number of non-ortho nitro benzene ring substituents is 1. The van der Waals surface area contributed by atoms with E-state index in [2.05, 4.69) is 0 Å². The highest BCUT2D eigenvalue weighted by Gasteiger charge is 2.43. The van der Waals surface area contributed by atoms with Gasteiger partial charge in [0, 0.05) is 12.1 Å². The van der Waals surface area contributed by atoms with Crippen LogP contribution in [-0.2, 0) is 9.59 Å². The molecule has 0 N–H and O–H groups in total. The van der Waals surface area contributed by atoms with Crippen LogP contribution < -0.4 is 4.90 Å². The van der Waals surface area contributed by atoms with Crippen LogP contribution >= 0.6 is 0 Å². The first-order valence-electron chi connectivity index (χ1n) is 6.93. The Balaban J connectivity index is 1.82. The van der Waals surface area contributed by atoms with Gasteiger partial charge in [-0.1, -0.05) is 0 Å². The monoisotopic (exact) mass is 289 g/mol. The van der Waals surface area contributed by atoms with Crippen LogP contribution in [0.5, 0.6) is 0 Å². The van der Waals surface area contributed by atoms with Gasteiger partial charge in [-0.3, -0.25) is 24.6 Å². The number of amides is 2. The van der Waals surface area contributed by atoms with E-state index in [9.17, 15) is 19.7 Å². The van der Waals surface area contributed by atoms with Crippen molar-refractivity contribution < 1.29 is 14.5 Å². The molecule has 7 nitrogen and oxygen atoms in total.